The molecule has 0 saturated heterocycles. The van der Waals surface area contributed by atoms with Gasteiger partial charge in [-0.25, -0.2) is 4.39 Å². The fourth-order valence-electron chi connectivity index (χ4n) is 1.78. The van der Waals surface area contributed by atoms with Crippen molar-refractivity contribution >= 4 is 11.6 Å². The lowest BCUT2D eigenvalue weighted by Crippen LogP contribution is -2.10. The Morgan fingerprint density at radius 3 is 2.63 bits per heavy atom. The van der Waals surface area contributed by atoms with Gasteiger partial charge in [0, 0.05) is 24.4 Å². The van der Waals surface area contributed by atoms with Crippen molar-refractivity contribution < 1.29 is 9.50 Å². The molecule has 1 aromatic heterocycles. The average Bonchev–Trinajstić information content (AvgIpc) is 2.34. The number of hydrogen-bond donors (Lipinski definition) is 1. The summed E-state index contributed by atoms with van der Waals surface area (Å²) in [5, 5.41) is 9.42. The summed E-state index contributed by atoms with van der Waals surface area (Å²) in [5.74, 6) is -0.818. The summed E-state index contributed by atoms with van der Waals surface area (Å²) in [7, 11) is 3.93. The molecule has 0 aliphatic carbocycles. The number of pyridine rings is 1. The summed E-state index contributed by atoms with van der Waals surface area (Å²) in [6.07, 6.45) is 1.70. The Hall–Kier alpha value is -1.65. The van der Waals surface area contributed by atoms with Gasteiger partial charge in [0.25, 0.3) is 0 Å². The maximum absolute atomic E-state index is 13.8. The Balaban J connectivity index is 2.34. The third-order valence-corrected chi connectivity index (χ3v) is 2.94. The van der Waals surface area contributed by atoms with E-state index < -0.39 is 5.82 Å². The van der Waals surface area contributed by atoms with Gasteiger partial charge in [0.05, 0.1) is 10.7 Å². The van der Waals surface area contributed by atoms with Gasteiger partial charge in [-0.2, -0.15) is 0 Å². The highest BCUT2D eigenvalue weighted by Crippen LogP contribution is 2.31. The van der Waals surface area contributed by atoms with Crippen LogP contribution in [0.5, 0.6) is 5.75 Å². The number of phenolic OH excluding ortho intramolecular Hbond substituents is 1. The second-order valence-corrected chi connectivity index (χ2v) is 4.98. The highest BCUT2D eigenvalue weighted by Gasteiger charge is 2.11. The van der Waals surface area contributed by atoms with Crippen LogP contribution in [0, 0.1) is 5.82 Å². The molecule has 0 unspecified atom stereocenters. The third kappa shape index (κ3) is 3.22. The first kappa shape index (κ1) is 13.8. The van der Waals surface area contributed by atoms with Crippen molar-refractivity contribution in [2.75, 3.05) is 14.1 Å². The maximum Gasteiger partial charge on any atom is 0.137 e. The van der Waals surface area contributed by atoms with Crippen LogP contribution in [0.25, 0.3) is 11.3 Å². The van der Waals surface area contributed by atoms with E-state index in [4.69, 9.17) is 11.6 Å². The summed E-state index contributed by atoms with van der Waals surface area (Å²) in [5.41, 5.74) is 1.81. The molecule has 0 aliphatic rings. The lowest BCUT2D eigenvalue weighted by atomic mass is 10.1. The van der Waals surface area contributed by atoms with E-state index in [1.54, 1.807) is 12.3 Å². The van der Waals surface area contributed by atoms with E-state index in [2.05, 4.69) is 4.98 Å². The summed E-state index contributed by atoms with van der Waals surface area (Å²) in [6.45, 7) is 0.770. The zero-order valence-corrected chi connectivity index (χ0v) is 11.4. The first-order valence-electron chi connectivity index (χ1n) is 5.75. The Bertz CT molecular complexity index is 585. The number of phenols is 1. The van der Waals surface area contributed by atoms with Crippen molar-refractivity contribution in [3.63, 3.8) is 0 Å². The number of halogens is 2. The highest BCUT2D eigenvalue weighted by atomic mass is 35.5. The molecule has 0 atom stereocenters. The average molecular weight is 281 g/mol. The van der Waals surface area contributed by atoms with Crippen molar-refractivity contribution in [2.24, 2.45) is 0 Å². The minimum absolute atomic E-state index is 0.107. The van der Waals surface area contributed by atoms with E-state index in [-0.39, 0.29) is 16.3 Å². The number of aromatic hydroxyl groups is 1. The molecule has 19 heavy (non-hydrogen) atoms. The minimum Gasteiger partial charge on any atom is -0.506 e. The maximum atomic E-state index is 13.8. The molecule has 0 amide bonds. The monoisotopic (exact) mass is 280 g/mol. The molecule has 1 heterocycles. The molecule has 3 nitrogen and oxygen atoms in total. The van der Waals surface area contributed by atoms with Crippen molar-refractivity contribution in [2.45, 2.75) is 6.54 Å². The Kier molecular flexibility index (Phi) is 4.02. The largest absolute Gasteiger partial charge is 0.506 e. The SMILES string of the molecule is CN(C)Cc1ccc(-c2cc(Cl)c(O)cc2F)nc1. The molecular formula is C14H14ClFN2O. The smallest absolute Gasteiger partial charge is 0.137 e. The second-order valence-electron chi connectivity index (χ2n) is 4.57. The van der Waals surface area contributed by atoms with Crippen LogP contribution in [0.4, 0.5) is 4.39 Å². The van der Waals surface area contributed by atoms with E-state index in [9.17, 15) is 9.50 Å². The first-order chi connectivity index (χ1) is 8.97. The van der Waals surface area contributed by atoms with Crippen LogP contribution >= 0.6 is 11.6 Å². The summed E-state index contributed by atoms with van der Waals surface area (Å²) in [6, 6.07) is 6.00. The van der Waals surface area contributed by atoms with Gasteiger partial charge in [-0.05, 0) is 31.8 Å². The molecule has 2 rings (SSSR count). The van der Waals surface area contributed by atoms with Crippen LogP contribution in [0.3, 0.4) is 0 Å². The predicted molar refractivity (Wildman–Crippen MR) is 73.7 cm³/mol. The quantitative estimate of drug-likeness (QED) is 0.937. The summed E-state index contributed by atoms with van der Waals surface area (Å²) < 4.78 is 13.8. The normalized spacial score (nSPS) is 11.0. The number of aromatic nitrogens is 1. The van der Waals surface area contributed by atoms with Crippen LogP contribution in [0.15, 0.2) is 30.5 Å². The van der Waals surface area contributed by atoms with Crippen LogP contribution < -0.4 is 0 Å². The lowest BCUT2D eigenvalue weighted by Gasteiger charge is -2.10. The minimum atomic E-state index is -0.547. The number of nitrogens with zero attached hydrogens (tertiary/aromatic N) is 2. The zero-order valence-electron chi connectivity index (χ0n) is 10.7. The molecule has 0 fully saturated rings. The van der Waals surface area contributed by atoms with Gasteiger partial charge in [-0.1, -0.05) is 17.7 Å². The van der Waals surface area contributed by atoms with Gasteiger partial charge in [0.15, 0.2) is 0 Å². The lowest BCUT2D eigenvalue weighted by molar-refractivity contribution is 0.402. The Labute approximate surface area is 116 Å². The molecule has 0 aliphatic heterocycles. The molecule has 0 saturated carbocycles. The fourth-order valence-corrected chi connectivity index (χ4v) is 1.94. The highest BCUT2D eigenvalue weighted by molar-refractivity contribution is 6.32. The topological polar surface area (TPSA) is 36.4 Å². The van der Waals surface area contributed by atoms with Crippen molar-refractivity contribution in [3.05, 3.63) is 46.9 Å². The van der Waals surface area contributed by atoms with Gasteiger partial charge >= 0.3 is 0 Å². The van der Waals surface area contributed by atoms with Crippen molar-refractivity contribution in [3.8, 4) is 17.0 Å². The zero-order chi connectivity index (χ0) is 14.0. The van der Waals surface area contributed by atoms with Crippen molar-refractivity contribution in [1.29, 1.82) is 0 Å². The van der Waals surface area contributed by atoms with Crippen LogP contribution in [0.1, 0.15) is 5.56 Å². The van der Waals surface area contributed by atoms with Crippen molar-refractivity contribution in [1.82, 2.24) is 9.88 Å². The van der Waals surface area contributed by atoms with E-state index in [1.807, 2.05) is 25.1 Å². The number of hydrogen-bond acceptors (Lipinski definition) is 3. The molecule has 1 aromatic carbocycles. The van der Waals surface area contributed by atoms with Gasteiger partial charge in [-0.3, -0.25) is 4.98 Å². The molecule has 100 valence electrons. The standard InChI is InChI=1S/C14H14ClFN2O/c1-18(2)8-9-3-4-13(17-7-9)10-5-11(15)14(19)6-12(10)16/h3-7,19H,8H2,1-2H3. The first-order valence-corrected chi connectivity index (χ1v) is 6.13. The summed E-state index contributed by atoms with van der Waals surface area (Å²) in [4.78, 5) is 6.25. The van der Waals surface area contributed by atoms with E-state index >= 15 is 0 Å². The van der Waals surface area contributed by atoms with Crippen LogP contribution in [-0.2, 0) is 6.54 Å². The molecule has 0 radical (unpaired) electrons. The van der Waals surface area contributed by atoms with E-state index in [0.717, 1.165) is 18.2 Å². The molecule has 5 heteroatoms. The second kappa shape index (κ2) is 5.55. The predicted octanol–water partition coefficient (Wildman–Crippen LogP) is 3.31. The Morgan fingerprint density at radius 2 is 2.05 bits per heavy atom. The number of benzene rings is 1. The molecule has 0 bridgehead atoms. The third-order valence-electron chi connectivity index (χ3n) is 2.64. The summed E-state index contributed by atoms with van der Waals surface area (Å²) >= 11 is 5.78. The molecule has 0 spiro atoms. The van der Waals surface area contributed by atoms with Gasteiger partial charge in [-0.15, -0.1) is 0 Å². The molecular weight excluding hydrogens is 267 g/mol. The Morgan fingerprint density at radius 1 is 1.32 bits per heavy atom. The number of rotatable bonds is 3. The van der Waals surface area contributed by atoms with Gasteiger partial charge < -0.3 is 10.0 Å². The molecule has 1 N–H and O–H groups in total. The molecule has 2 aromatic rings. The fraction of sp³-hybridized carbons (Fsp3) is 0.214. The van der Waals surface area contributed by atoms with Gasteiger partial charge in [0.1, 0.15) is 11.6 Å². The van der Waals surface area contributed by atoms with Gasteiger partial charge in [0.2, 0.25) is 0 Å². The van der Waals surface area contributed by atoms with E-state index in [0.29, 0.717) is 5.69 Å². The van der Waals surface area contributed by atoms with E-state index in [1.165, 1.54) is 6.07 Å². The van der Waals surface area contributed by atoms with Crippen LogP contribution in [-0.4, -0.2) is 29.1 Å². The van der Waals surface area contributed by atoms with Crippen LogP contribution in [0.2, 0.25) is 5.02 Å².